The molecule has 4 aliphatic rings. The molecular weight excluding hydrogens is 512 g/mol. The van der Waals surface area contributed by atoms with Crippen molar-refractivity contribution in [2.24, 2.45) is 0 Å². The van der Waals surface area contributed by atoms with Gasteiger partial charge in [0.1, 0.15) is 12.2 Å². The number of ketones is 1. The molecule has 0 amide bonds. The predicted molar refractivity (Wildman–Crippen MR) is 151 cm³/mol. The van der Waals surface area contributed by atoms with Gasteiger partial charge in [-0.25, -0.2) is 0 Å². The van der Waals surface area contributed by atoms with Gasteiger partial charge in [-0.3, -0.25) is 4.79 Å². The lowest BCUT2D eigenvalue weighted by Crippen LogP contribution is -2.50. The summed E-state index contributed by atoms with van der Waals surface area (Å²) in [6.07, 6.45) is 6.35. The second kappa shape index (κ2) is 12.2. The molecule has 0 aromatic heterocycles. The monoisotopic (exact) mass is 558 g/mol. The summed E-state index contributed by atoms with van der Waals surface area (Å²) in [5.74, 6) is -0.00483. The third kappa shape index (κ3) is 6.92. The number of rotatable bonds is 5. The van der Waals surface area contributed by atoms with E-state index in [4.69, 9.17) is 28.1 Å². The van der Waals surface area contributed by atoms with Crippen molar-refractivity contribution in [2.75, 3.05) is 13.2 Å². The molecule has 3 fully saturated rings. The normalized spacial score (nSPS) is 37.1. The van der Waals surface area contributed by atoms with E-state index in [1.165, 1.54) is 0 Å². The fourth-order valence-corrected chi connectivity index (χ4v) is 7.12. The Hall–Kier alpha value is -1.39. The quantitative estimate of drug-likeness (QED) is 0.417. The number of hydrogen-bond acceptors (Lipinski definition) is 7. The van der Waals surface area contributed by atoms with Crippen LogP contribution in [0.4, 0.5) is 0 Å². The highest BCUT2D eigenvalue weighted by atomic mass is 28.4. The third-order valence-electron chi connectivity index (χ3n) is 9.08. The van der Waals surface area contributed by atoms with Gasteiger partial charge >= 0.3 is 0 Å². The van der Waals surface area contributed by atoms with Gasteiger partial charge in [0.15, 0.2) is 20.4 Å². The molecule has 0 unspecified atom stereocenters. The number of ether oxygens (including phenoxy) is 5. The fraction of sp³-hybridized carbons (Fsp3) is 0.710. The first-order valence-electron chi connectivity index (χ1n) is 14.7. The molecule has 0 bridgehead atoms. The molecule has 1 aromatic rings. The van der Waals surface area contributed by atoms with Crippen LogP contribution in [0.15, 0.2) is 42.5 Å². The zero-order valence-electron chi connectivity index (χ0n) is 24.2. The highest BCUT2D eigenvalue weighted by Gasteiger charge is 2.46. The van der Waals surface area contributed by atoms with Gasteiger partial charge in [0, 0.05) is 18.6 Å². The van der Waals surface area contributed by atoms with E-state index in [0.717, 1.165) is 37.9 Å². The van der Waals surface area contributed by atoms with Crippen molar-refractivity contribution in [3.63, 3.8) is 0 Å². The van der Waals surface area contributed by atoms with Crippen LogP contribution in [0.5, 0.6) is 0 Å². The SMILES string of the molecule is CC(C)(C)[Si](C)(C)O[C@@H]1CC[C@@H]2O[C@H](c3ccccc3)OC[C@H]2O[C@H]1C[C@H]1O[C@H]2CCCO[C@@H]2C/C=C\C1=O. The van der Waals surface area contributed by atoms with E-state index in [9.17, 15) is 4.79 Å². The highest BCUT2D eigenvalue weighted by molar-refractivity contribution is 6.74. The van der Waals surface area contributed by atoms with Gasteiger partial charge in [0.2, 0.25) is 0 Å². The molecule has 4 aliphatic heterocycles. The molecule has 39 heavy (non-hydrogen) atoms. The Labute approximate surface area is 234 Å². The molecule has 4 heterocycles. The lowest BCUT2D eigenvalue weighted by atomic mass is 9.96. The molecule has 0 aliphatic carbocycles. The van der Waals surface area contributed by atoms with Crippen molar-refractivity contribution >= 4 is 14.1 Å². The predicted octanol–water partition coefficient (Wildman–Crippen LogP) is 5.89. The van der Waals surface area contributed by atoms with Gasteiger partial charge in [-0.1, -0.05) is 57.2 Å². The van der Waals surface area contributed by atoms with Crippen LogP contribution in [0.25, 0.3) is 0 Å². The Morgan fingerprint density at radius 3 is 2.46 bits per heavy atom. The molecule has 0 saturated carbocycles. The first kappa shape index (κ1) is 29.1. The van der Waals surface area contributed by atoms with Crippen LogP contribution in [-0.2, 0) is 32.9 Å². The maximum atomic E-state index is 13.2. The highest BCUT2D eigenvalue weighted by Crippen LogP contribution is 2.41. The van der Waals surface area contributed by atoms with Crippen LogP contribution in [0.2, 0.25) is 18.1 Å². The van der Waals surface area contributed by atoms with Crippen molar-refractivity contribution in [3.8, 4) is 0 Å². The molecule has 8 heteroatoms. The van der Waals surface area contributed by atoms with Crippen molar-refractivity contribution in [1.29, 1.82) is 0 Å². The van der Waals surface area contributed by atoms with Crippen molar-refractivity contribution in [2.45, 2.75) is 126 Å². The fourth-order valence-electron chi connectivity index (χ4n) is 5.74. The summed E-state index contributed by atoms with van der Waals surface area (Å²) in [5, 5.41) is 0.0522. The molecule has 0 N–H and O–H groups in total. The Bertz CT molecular complexity index is 990. The van der Waals surface area contributed by atoms with Crippen LogP contribution >= 0.6 is 0 Å². The minimum atomic E-state index is -2.11. The Morgan fingerprint density at radius 1 is 0.923 bits per heavy atom. The molecule has 8 atom stereocenters. The van der Waals surface area contributed by atoms with Gasteiger partial charge in [-0.2, -0.15) is 0 Å². The minimum absolute atomic E-state index is 0.000579. The van der Waals surface area contributed by atoms with E-state index >= 15 is 0 Å². The van der Waals surface area contributed by atoms with E-state index in [2.05, 4.69) is 33.9 Å². The molecule has 216 valence electrons. The van der Waals surface area contributed by atoms with E-state index in [1.54, 1.807) is 6.08 Å². The first-order valence-corrected chi connectivity index (χ1v) is 17.6. The summed E-state index contributed by atoms with van der Waals surface area (Å²) in [6, 6.07) is 10.1. The summed E-state index contributed by atoms with van der Waals surface area (Å²) in [7, 11) is -2.11. The average molecular weight is 559 g/mol. The lowest BCUT2D eigenvalue weighted by molar-refractivity contribution is -0.271. The number of fused-ring (bicyclic) bond motifs is 2. The molecule has 1 aromatic carbocycles. The van der Waals surface area contributed by atoms with Gasteiger partial charge in [-0.05, 0) is 56.3 Å². The smallest absolute Gasteiger partial charge is 0.192 e. The van der Waals surface area contributed by atoms with Crippen LogP contribution in [0.3, 0.4) is 0 Å². The van der Waals surface area contributed by atoms with E-state index in [1.807, 2.05) is 36.4 Å². The Balaban J connectivity index is 1.36. The third-order valence-corrected chi connectivity index (χ3v) is 13.6. The van der Waals surface area contributed by atoms with E-state index in [0.29, 0.717) is 19.4 Å². The van der Waals surface area contributed by atoms with Crippen LogP contribution in [0, 0.1) is 0 Å². The first-order chi connectivity index (χ1) is 18.6. The second-order valence-corrected chi connectivity index (χ2v) is 17.7. The maximum Gasteiger partial charge on any atom is 0.192 e. The number of carbonyl (C=O) groups is 1. The Morgan fingerprint density at radius 2 is 1.69 bits per heavy atom. The summed E-state index contributed by atoms with van der Waals surface area (Å²) in [6.45, 7) is 12.5. The number of benzene rings is 1. The topological polar surface area (TPSA) is 72.5 Å². The van der Waals surface area contributed by atoms with Crippen molar-refractivity contribution < 1.29 is 32.9 Å². The van der Waals surface area contributed by atoms with Gasteiger partial charge in [0.05, 0.1) is 37.1 Å². The zero-order valence-corrected chi connectivity index (χ0v) is 25.2. The molecule has 5 rings (SSSR count). The molecule has 3 saturated heterocycles. The summed E-state index contributed by atoms with van der Waals surface area (Å²) in [4.78, 5) is 13.2. The Kier molecular flexibility index (Phi) is 9.13. The lowest BCUT2D eigenvalue weighted by Gasteiger charge is -2.42. The number of hydrogen-bond donors (Lipinski definition) is 0. The van der Waals surface area contributed by atoms with Crippen LogP contribution in [0.1, 0.15) is 71.1 Å². The molecular formula is C31H46O7Si. The molecule has 0 spiro atoms. The van der Waals surface area contributed by atoms with Gasteiger partial charge in [-0.15, -0.1) is 0 Å². The van der Waals surface area contributed by atoms with Crippen LogP contribution < -0.4 is 0 Å². The standard InChI is InChI=1S/C31H46O7Si/c1-31(2,3)39(4,5)38-26-17-16-25-29(20-34-30(37-25)21-11-7-6-8-12-21)36-28(26)19-27-22(32)13-9-14-23-24(35-27)15-10-18-33-23/h6-9,11-13,23-30H,10,14-20H2,1-5H3/b13-9-/t23-,24+,25+,26-,27-,28+,29-,30-/m1/s1. The minimum Gasteiger partial charge on any atom is -0.411 e. The van der Waals surface area contributed by atoms with Crippen LogP contribution in [-0.4, -0.2) is 70.0 Å². The summed E-state index contributed by atoms with van der Waals surface area (Å²) < 4.78 is 38.9. The summed E-state index contributed by atoms with van der Waals surface area (Å²) >= 11 is 0. The summed E-state index contributed by atoms with van der Waals surface area (Å²) in [5.41, 5.74) is 1.01. The largest absolute Gasteiger partial charge is 0.411 e. The maximum absolute atomic E-state index is 13.2. The molecule has 7 nitrogen and oxygen atoms in total. The van der Waals surface area contributed by atoms with Gasteiger partial charge in [0.25, 0.3) is 0 Å². The molecule has 0 radical (unpaired) electrons. The van der Waals surface area contributed by atoms with Crippen molar-refractivity contribution in [3.05, 3.63) is 48.0 Å². The van der Waals surface area contributed by atoms with Crippen molar-refractivity contribution in [1.82, 2.24) is 0 Å². The second-order valence-electron chi connectivity index (χ2n) is 12.9. The average Bonchev–Trinajstić information content (AvgIpc) is 3.06. The number of carbonyl (C=O) groups excluding carboxylic acids is 1. The zero-order chi connectivity index (χ0) is 27.6. The van der Waals surface area contributed by atoms with Gasteiger partial charge < -0.3 is 28.1 Å². The van der Waals surface area contributed by atoms with E-state index in [-0.39, 0.29) is 47.4 Å². The van der Waals surface area contributed by atoms with E-state index < -0.39 is 20.7 Å².